The molecular weight excluding hydrogens is 400 g/mol. The average molecular weight is 423 g/mol. The van der Waals surface area contributed by atoms with Crippen molar-refractivity contribution in [2.45, 2.75) is 31.8 Å². The lowest BCUT2D eigenvalue weighted by Crippen LogP contribution is -2.23. The highest BCUT2D eigenvalue weighted by Gasteiger charge is 2.23. The zero-order valence-electron chi connectivity index (χ0n) is 15.8. The van der Waals surface area contributed by atoms with E-state index in [9.17, 15) is 16.8 Å². The minimum absolute atomic E-state index is 0.159. The first kappa shape index (κ1) is 21.7. The van der Waals surface area contributed by atoms with Crippen molar-refractivity contribution >= 4 is 25.3 Å². The van der Waals surface area contributed by atoms with Crippen molar-refractivity contribution in [3.63, 3.8) is 0 Å². The van der Waals surface area contributed by atoms with E-state index in [1.807, 2.05) is 20.8 Å². The van der Waals surface area contributed by atoms with Crippen LogP contribution in [0.4, 0.5) is 0 Å². The van der Waals surface area contributed by atoms with Crippen LogP contribution in [0.2, 0.25) is 0 Å². The first-order chi connectivity index (χ1) is 13.2. The number of aryl methyl sites for hydroxylation is 1. The van der Waals surface area contributed by atoms with Crippen molar-refractivity contribution in [1.29, 1.82) is 0 Å². The van der Waals surface area contributed by atoms with Crippen molar-refractivity contribution in [3.05, 3.63) is 72.5 Å². The molecule has 0 saturated heterocycles. The Balaban J connectivity index is 0.000000221. The Labute approximate surface area is 167 Å². The lowest BCUT2D eigenvalue weighted by atomic mass is 10.1. The highest BCUT2D eigenvalue weighted by atomic mass is 32.2. The largest absolute Gasteiger partial charge is 0.492 e. The Bertz CT molecular complexity index is 1040. The monoisotopic (exact) mass is 422 g/mol. The summed E-state index contributed by atoms with van der Waals surface area (Å²) in [6, 6.07) is 15.0. The molecule has 8 heteroatoms. The molecule has 0 fully saturated rings. The molecule has 0 spiro atoms. The first-order valence-electron chi connectivity index (χ1n) is 8.55. The molecule has 1 unspecified atom stereocenters. The molecule has 0 N–H and O–H groups in total. The quantitative estimate of drug-likeness (QED) is 0.555. The highest BCUT2D eigenvalue weighted by molar-refractivity contribution is 7.87. The SMILES string of the molecule is CC(C)C1OC=CC1=S(=O)=O.Cc1ccc(S(=O)(=O)Oc2ccccc2)cc1. The van der Waals surface area contributed by atoms with E-state index in [0.29, 0.717) is 10.6 Å². The van der Waals surface area contributed by atoms with Gasteiger partial charge in [0.05, 0.1) is 6.26 Å². The van der Waals surface area contributed by atoms with E-state index in [0.717, 1.165) is 5.56 Å². The van der Waals surface area contributed by atoms with Crippen molar-refractivity contribution in [1.82, 2.24) is 0 Å². The summed E-state index contributed by atoms with van der Waals surface area (Å²) in [5.74, 6) is 0.506. The standard InChI is InChI=1S/C13H12O3S.C7H10O3S/c1-11-7-9-13(10-8-11)17(14,15)16-12-5-3-2-4-6-12;1-5(2)7-6(11(8)9)3-4-10-7/h2-10H,1H3;3-5,7H,1-2H3. The molecule has 6 nitrogen and oxygen atoms in total. The average Bonchev–Trinajstić information content (AvgIpc) is 3.14. The minimum atomic E-state index is -3.73. The predicted octanol–water partition coefficient (Wildman–Crippen LogP) is 3.37. The zero-order valence-corrected chi connectivity index (χ0v) is 17.4. The van der Waals surface area contributed by atoms with Gasteiger partial charge < -0.3 is 8.92 Å². The van der Waals surface area contributed by atoms with E-state index >= 15 is 0 Å². The van der Waals surface area contributed by atoms with Crippen LogP contribution in [0.1, 0.15) is 19.4 Å². The summed E-state index contributed by atoms with van der Waals surface area (Å²) in [6.45, 7) is 5.74. The molecule has 0 aromatic heterocycles. The fraction of sp³-hybridized carbons (Fsp3) is 0.250. The zero-order chi connectivity index (χ0) is 20.7. The summed E-state index contributed by atoms with van der Waals surface area (Å²) in [5, 5.41) is 0. The summed E-state index contributed by atoms with van der Waals surface area (Å²) >= 11 is 0. The van der Waals surface area contributed by atoms with Gasteiger partial charge in [0, 0.05) is 0 Å². The second-order valence-corrected chi connectivity index (χ2v) is 8.89. The molecule has 0 aliphatic carbocycles. The van der Waals surface area contributed by atoms with Crippen LogP contribution in [0.25, 0.3) is 0 Å². The number of para-hydroxylation sites is 1. The van der Waals surface area contributed by atoms with Gasteiger partial charge >= 0.3 is 10.1 Å². The maximum absolute atomic E-state index is 11.9. The molecule has 1 heterocycles. The smallest absolute Gasteiger partial charge is 0.339 e. The Morgan fingerprint density at radius 3 is 2.11 bits per heavy atom. The van der Waals surface area contributed by atoms with Crippen LogP contribution in [0.15, 0.2) is 71.8 Å². The van der Waals surface area contributed by atoms with Crippen LogP contribution in [-0.4, -0.2) is 27.8 Å². The molecular formula is C20H22O6S2. The Kier molecular flexibility index (Phi) is 7.42. The van der Waals surface area contributed by atoms with E-state index in [4.69, 9.17) is 8.92 Å². The molecule has 1 aliphatic rings. The Hall–Kier alpha value is -2.58. The maximum atomic E-state index is 11.9. The number of hydrogen-bond donors (Lipinski definition) is 0. The highest BCUT2D eigenvalue weighted by Crippen LogP contribution is 2.18. The molecule has 0 saturated carbocycles. The number of rotatable bonds is 4. The van der Waals surface area contributed by atoms with E-state index in [-0.39, 0.29) is 16.9 Å². The Morgan fingerprint density at radius 1 is 1.00 bits per heavy atom. The first-order valence-corrected chi connectivity index (χ1v) is 11.0. The van der Waals surface area contributed by atoms with Crippen LogP contribution in [0.5, 0.6) is 5.75 Å². The predicted molar refractivity (Wildman–Crippen MR) is 108 cm³/mol. The molecule has 0 radical (unpaired) electrons. The van der Waals surface area contributed by atoms with Crippen LogP contribution in [-0.2, 0) is 25.1 Å². The molecule has 1 atom stereocenters. The summed E-state index contributed by atoms with van der Waals surface area (Å²) in [6.07, 6.45) is 2.64. The Morgan fingerprint density at radius 2 is 1.61 bits per heavy atom. The molecule has 1 aliphatic heterocycles. The van der Waals surface area contributed by atoms with Gasteiger partial charge in [0.2, 0.25) is 10.3 Å². The van der Waals surface area contributed by atoms with Gasteiger partial charge in [-0.25, -0.2) is 0 Å². The van der Waals surface area contributed by atoms with Crippen LogP contribution >= 0.6 is 0 Å². The number of benzene rings is 2. The van der Waals surface area contributed by atoms with Crippen molar-refractivity contribution in [2.24, 2.45) is 5.92 Å². The van der Waals surface area contributed by atoms with Gasteiger partial charge in [-0.15, -0.1) is 0 Å². The molecule has 150 valence electrons. The van der Waals surface area contributed by atoms with Gasteiger partial charge in [0.15, 0.2) is 0 Å². The van der Waals surface area contributed by atoms with Crippen molar-refractivity contribution in [2.75, 3.05) is 0 Å². The lowest BCUT2D eigenvalue weighted by molar-refractivity contribution is 0.173. The minimum Gasteiger partial charge on any atom is -0.492 e. The van der Waals surface area contributed by atoms with E-state index in [1.165, 1.54) is 24.5 Å². The second-order valence-electron chi connectivity index (χ2n) is 6.40. The summed E-state index contributed by atoms with van der Waals surface area (Å²) in [4.78, 5) is 0.506. The molecule has 2 aromatic rings. The fourth-order valence-electron chi connectivity index (χ4n) is 2.34. The summed E-state index contributed by atoms with van der Waals surface area (Å²) in [7, 11) is -5.87. The van der Waals surface area contributed by atoms with Crippen molar-refractivity contribution < 1.29 is 25.8 Å². The van der Waals surface area contributed by atoms with Crippen LogP contribution in [0.3, 0.4) is 0 Å². The van der Waals surface area contributed by atoms with E-state index in [2.05, 4.69) is 0 Å². The normalized spacial score (nSPS) is 15.6. The van der Waals surface area contributed by atoms with Gasteiger partial charge in [0.1, 0.15) is 21.6 Å². The fourth-order valence-corrected chi connectivity index (χ4v) is 3.96. The number of ether oxygens (including phenoxy) is 1. The topological polar surface area (TPSA) is 86.7 Å². The van der Waals surface area contributed by atoms with Gasteiger partial charge in [0.25, 0.3) is 0 Å². The van der Waals surface area contributed by atoms with Crippen LogP contribution < -0.4 is 4.18 Å². The van der Waals surface area contributed by atoms with Gasteiger partial charge in [-0.2, -0.15) is 16.8 Å². The molecule has 0 bridgehead atoms. The molecule has 28 heavy (non-hydrogen) atoms. The number of hydrogen-bond acceptors (Lipinski definition) is 6. The molecule has 0 amide bonds. The third-order valence-corrected chi connectivity index (χ3v) is 5.81. The van der Waals surface area contributed by atoms with Gasteiger partial charge in [-0.3, -0.25) is 0 Å². The third-order valence-electron chi connectivity index (χ3n) is 3.79. The maximum Gasteiger partial charge on any atom is 0.339 e. The van der Waals surface area contributed by atoms with E-state index in [1.54, 1.807) is 42.5 Å². The summed E-state index contributed by atoms with van der Waals surface area (Å²) < 4.78 is 55.0. The molecule has 3 rings (SSSR count). The second kappa shape index (κ2) is 9.57. The van der Waals surface area contributed by atoms with E-state index < -0.39 is 20.4 Å². The van der Waals surface area contributed by atoms with Gasteiger partial charge in [-0.1, -0.05) is 49.7 Å². The van der Waals surface area contributed by atoms with Crippen molar-refractivity contribution in [3.8, 4) is 5.75 Å². The lowest BCUT2D eigenvalue weighted by Gasteiger charge is -2.12. The van der Waals surface area contributed by atoms with Gasteiger partial charge in [-0.05, 0) is 43.2 Å². The molecule has 2 aromatic carbocycles. The third kappa shape index (κ3) is 5.97. The summed E-state index contributed by atoms with van der Waals surface area (Å²) in [5.41, 5.74) is 1.00. The van der Waals surface area contributed by atoms with Crippen LogP contribution in [0, 0.1) is 12.8 Å².